The minimum Gasteiger partial charge on any atom is -0.462 e. The van der Waals surface area contributed by atoms with E-state index in [4.69, 9.17) is 14.2 Å². The Kier molecular flexibility index (Phi) is 57.4. The van der Waals surface area contributed by atoms with E-state index < -0.39 is 6.10 Å². The smallest absolute Gasteiger partial charge is 0.306 e. The number of carbonyl (C=O) groups excluding carboxylic acids is 3. The van der Waals surface area contributed by atoms with Gasteiger partial charge in [-0.1, -0.05) is 246 Å². The van der Waals surface area contributed by atoms with E-state index in [0.717, 1.165) is 148 Å². The van der Waals surface area contributed by atoms with Gasteiger partial charge in [0.25, 0.3) is 0 Å². The molecule has 0 bridgehead atoms. The third-order valence-electron chi connectivity index (χ3n) is 12.7. The molecule has 0 amide bonds. The Hall–Kier alpha value is -3.93. The van der Waals surface area contributed by atoms with Crippen LogP contribution in [0.15, 0.2) is 109 Å². The fourth-order valence-electron chi connectivity index (χ4n) is 8.24. The van der Waals surface area contributed by atoms with Crippen LogP contribution in [-0.4, -0.2) is 37.2 Å². The molecule has 0 saturated heterocycles. The molecule has 0 N–H and O–H groups in total. The van der Waals surface area contributed by atoms with Gasteiger partial charge in [0.05, 0.1) is 0 Å². The highest BCUT2D eigenvalue weighted by Crippen LogP contribution is 2.15. The molecule has 0 aromatic heterocycles. The van der Waals surface area contributed by atoms with Crippen molar-refractivity contribution in [2.45, 2.75) is 284 Å². The van der Waals surface area contributed by atoms with E-state index in [1.807, 2.05) is 0 Å². The molecule has 0 fully saturated rings. The van der Waals surface area contributed by atoms with Gasteiger partial charge in [-0.05, 0) is 122 Å². The number of rotatable bonds is 54. The molecule has 0 saturated carbocycles. The molecule has 0 rings (SSSR count). The SMILES string of the molecule is CC/C=C\C/C=C\C/C=C\CCCCCCCC(=O)OCC(COC(=O)CCCCCCCCCCCC/C=C\C/C=C\C/C=C\CCCCCCC)OC(=O)CCCCCCC/C=C\C/C=C\C/C=C\CC. The van der Waals surface area contributed by atoms with Crippen LogP contribution < -0.4 is 0 Å². The zero-order valence-corrected chi connectivity index (χ0v) is 47.6. The van der Waals surface area contributed by atoms with E-state index in [-0.39, 0.29) is 31.1 Å². The van der Waals surface area contributed by atoms with E-state index in [0.29, 0.717) is 19.3 Å². The molecule has 1 atom stereocenters. The maximum absolute atomic E-state index is 12.9. The van der Waals surface area contributed by atoms with Crippen LogP contribution >= 0.6 is 0 Å². The van der Waals surface area contributed by atoms with Gasteiger partial charge in [0, 0.05) is 19.3 Å². The lowest BCUT2D eigenvalue weighted by Gasteiger charge is -2.18. The second kappa shape index (κ2) is 60.6. The first-order valence-corrected chi connectivity index (χ1v) is 30.4. The molecule has 0 aliphatic rings. The third-order valence-corrected chi connectivity index (χ3v) is 12.7. The zero-order valence-electron chi connectivity index (χ0n) is 47.6. The molecule has 0 aromatic carbocycles. The average Bonchev–Trinajstić information content (AvgIpc) is 3.39. The summed E-state index contributed by atoms with van der Waals surface area (Å²) in [4.78, 5) is 38.2. The predicted molar refractivity (Wildman–Crippen MR) is 316 cm³/mol. The van der Waals surface area contributed by atoms with Crippen molar-refractivity contribution in [2.75, 3.05) is 13.2 Å². The third kappa shape index (κ3) is 58.8. The summed E-state index contributed by atoms with van der Waals surface area (Å²) < 4.78 is 16.9. The normalized spacial score (nSPS) is 12.9. The van der Waals surface area contributed by atoms with E-state index in [2.05, 4.69) is 130 Å². The van der Waals surface area contributed by atoms with E-state index in [1.165, 1.54) is 89.9 Å². The summed E-state index contributed by atoms with van der Waals surface area (Å²) in [5.74, 6) is -0.929. The second-order valence-corrected chi connectivity index (χ2v) is 19.8. The van der Waals surface area contributed by atoms with Crippen molar-refractivity contribution in [1.82, 2.24) is 0 Å². The molecular formula is C67H112O6. The molecule has 416 valence electrons. The fraction of sp³-hybridized carbons (Fsp3) is 0.687. The summed E-state index contributed by atoms with van der Waals surface area (Å²) in [5, 5.41) is 0. The summed E-state index contributed by atoms with van der Waals surface area (Å²) in [6.45, 7) is 6.38. The van der Waals surface area contributed by atoms with Gasteiger partial charge in [0.2, 0.25) is 0 Å². The molecule has 0 aliphatic heterocycles. The van der Waals surface area contributed by atoms with Crippen LogP contribution in [0.5, 0.6) is 0 Å². The second-order valence-electron chi connectivity index (χ2n) is 19.8. The van der Waals surface area contributed by atoms with Crippen molar-refractivity contribution in [3.05, 3.63) is 109 Å². The van der Waals surface area contributed by atoms with Crippen molar-refractivity contribution in [3.63, 3.8) is 0 Å². The molecule has 0 spiro atoms. The topological polar surface area (TPSA) is 78.9 Å². The molecule has 0 aliphatic carbocycles. The van der Waals surface area contributed by atoms with Gasteiger partial charge in [-0.25, -0.2) is 0 Å². The summed E-state index contributed by atoms with van der Waals surface area (Å²) in [6.07, 6.45) is 82.3. The van der Waals surface area contributed by atoms with Crippen LogP contribution in [0.4, 0.5) is 0 Å². The standard InChI is InChI=1S/C67H112O6/c1-4-7-10-13-16-19-22-25-28-29-30-31-32-33-34-35-36-37-40-42-45-48-51-54-57-60-66(69)72-63-64(73-67(70)61-58-55-52-49-46-43-39-27-24-21-18-15-12-9-6-3)62-71-65(68)59-56-53-50-47-44-41-38-26-23-20-17-14-11-8-5-2/h8-9,11-12,17-18,20-22,25-27,29-30,32-33,38-39,64H,4-7,10,13-16,19,23-24,28,31,34-37,40-63H2,1-3H3/b11-8-,12-9-,20-17-,21-18-,25-22-,30-29-,33-32-,38-26-,39-27-. The van der Waals surface area contributed by atoms with Crippen LogP contribution in [0.3, 0.4) is 0 Å². The Morgan fingerprint density at radius 1 is 0.288 bits per heavy atom. The molecule has 6 heteroatoms. The van der Waals surface area contributed by atoms with Gasteiger partial charge in [-0.15, -0.1) is 0 Å². The van der Waals surface area contributed by atoms with Crippen LogP contribution in [0.25, 0.3) is 0 Å². The molecule has 73 heavy (non-hydrogen) atoms. The van der Waals surface area contributed by atoms with Crippen molar-refractivity contribution in [3.8, 4) is 0 Å². The van der Waals surface area contributed by atoms with E-state index in [1.54, 1.807) is 0 Å². The summed E-state index contributed by atoms with van der Waals surface area (Å²) in [7, 11) is 0. The summed E-state index contributed by atoms with van der Waals surface area (Å²) in [6, 6.07) is 0. The highest BCUT2D eigenvalue weighted by Gasteiger charge is 2.19. The number of hydrogen-bond donors (Lipinski definition) is 0. The molecule has 6 nitrogen and oxygen atoms in total. The number of hydrogen-bond acceptors (Lipinski definition) is 6. The first-order chi connectivity index (χ1) is 36.0. The number of allylic oxidation sites excluding steroid dienone is 18. The monoisotopic (exact) mass is 1010 g/mol. The maximum atomic E-state index is 12.9. The molecule has 1 unspecified atom stereocenters. The Morgan fingerprint density at radius 3 is 0.836 bits per heavy atom. The highest BCUT2D eigenvalue weighted by molar-refractivity contribution is 5.71. The van der Waals surface area contributed by atoms with E-state index in [9.17, 15) is 14.4 Å². The van der Waals surface area contributed by atoms with Gasteiger partial charge >= 0.3 is 17.9 Å². The van der Waals surface area contributed by atoms with Gasteiger partial charge in [-0.3, -0.25) is 14.4 Å². The summed E-state index contributed by atoms with van der Waals surface area (Å²) >= 11 is 0. The van der Waals surface area contributed by atoms with Gasteiger partial charge in [0.1, 0.15) is 13.2 Å². The minimum atomic E-state index is -0.799. The van der Waals surface area contributed by atoms with Gasteiger partial charge in [-0.2, -0.15) is 0 Å². The first-order valence-electron chi connectivity index (χ1n) is 30.4. The Balaban J connectivity index is 4.36. The molecule has 0 radical (unpaired) electrons. The van der Waals surface area contributed by atoms with Crippen molar-refractivity contribution >= 4 is 17.9 Å². The molecular weight excluding hydrogens is 901 g/mol. The highest BCUT2D eigenvalue weighted by atomic mass is 16.6. The Morgan fingerprint density at radius 2 is 0.534 bits per heavy atom. The van der Waals surface area contributed by atoms with Crippen LogP contribution in [0.1, 0.15) is 278 Å². The number of carbonyl (C=O) groups is 3. The minimum absolute atomic E-state index is 0.0941. The summed E-state index contributed by atoms with van der Waals surface area (Å²) in [5.41, 5.74) is 0. The largest absolute Gasteiger partial charge is 0.462 e. The first kappa shape index (κ1) is 69.1. The number of ether oxygens (including phenoxy) is 3. The average molecular weight is 1010 g/mol. The lowest BCUT2D eigenvalue weighted by atomic mass is 10.1. The number of unbranched alkanes of at least 4 members (excludes halogenated alkanes) is 25. The maximum Gasteiger partial charge on any atom is 0.306 e. The zero-order chi connectivity index (χ0) is 52.9. The van der Waals surface area contributed by atoms with Crippen LogP contribution in [0.2, 0.25) is 0 Å². The van der Waals surface area contributed by atoms with E-state index >= 15 is 0 Å². The predicted octanol–water partition coefficient (Wildman–Crippen LogP) is 20.7. The van der Waals surface area contributed by atoms with Crippen LogP contribution in [-0.2, 0) is 28.6 Å². The molecule has 0 heterocycles. The number of esters is 3. The molecule has 0 aromatic rings. The lowest BCUT2D eigenvalue weighted by molar-refractivity contribution is -0.167. The van der Waals surface area contributed by atoms with Gasteiger partial charge in [0.15, 0.2) is 6.10 Å². The van der Waals surface area contributed by atoms with Gasteiger partial charge < -0.3 is 14.2 Å². The Bertz CT molecular complexity index is 1490. The van der Waals surface area contributed by atoms with Crippen LogP contribution in [0, 0.1) is 0 Å². The Labute approximate surface area is 450 Å². The van der Waals surface area contributed by atoms with Crippen molar-refractivity contribution < 1.29 is 28.6 Å². The quantitative estimate of drug-likeness (QED) is 0.0261. The lowest BCUT2D eigenvalue weighted by Crippen LogP contribution is -2.30. The van der Waals surface area contributed by atoms with Crippen molar-refractivity contribution in [2.24, 2.45) is 0 Å². The van der Waals surface area contributed by atoms with Crippen molar-refractivity contribution in [1.29, 1.82) is 0 Å². The fourth-order valence-corrected chi connectivity index (χ4v) is 8.24.